The van der Waals surface area contributed by atoms with Crippen LogP contribution in [0.15, 0.2) is 34.0 Å². The summed E-state index contributed by atoms with van der Waals surface area (Å²) in [5, 5.41) is 11.2. The summed E-state index contributed by atoms with van der Waals surface area (Å²) in [7, 11) is 1.68. The SMILES string of the molecule is CCCCC(CC)Nc1nc(C2CCCN(Sc3cccc(OC)c3)C2)[nH]c(=O)c1C=N. The first-order chi connectivity index (χ1) is 15.6. The van der Waals surface area contributed by atoms with Crippen LogP contribution in [0.1, 0.15) is 69.7 Å². The fraction of sp³-hybridized carbons (Fsp3) is 0.542. The van der Waals surface area contributed by atoms with Gasteiger partial charge in [0, 0.05) is 36.2 Å². The van der Waals surface area contributed by atoms with Gasteiger partial charge in [-0.2, -0.15) is 0 Å². The Morgan fingerprint density at radius 1 is 1.44 bits per heavy atom. The normalized spacial score (nSPS) is 17.7. The quantitative estimate of drug-likeness (QED) is 0.323. The summed E-state index contributed by atoms with van der Waals surface area (Å²) >= 11 is 1.71. The fourth-order valence-electron chi connectivity index (χ4n) is 4.01. The van der Waals surface area contributed by atoms with Gasteiger partial charge in [0.25, 0.3) is 5.56 Å². The van der Waals surface area contributed by atoms with Crippen LogP contribution in [0.3, 0.4) is 0 Å². The largest absolute Gasteiger partial charge is 0.497 e. The minimum absolute atomic E-state index is 0.144. The van der Waals surface area contributed by atoms with Crippen molar-refractivity contribution in [3.05, 3.63) is 46.0 Å². The van der Waals surface area contributed by atoms with Gasteiger partial charge in [-0.25, -0.2) is 9.29 Å². The Bertz CT molecular complexity index is 948. The Balaban J connectivity index is 1.77. The first-order valence-electron chi connectivity index (χ1n) is 11.6. The van der Waals surface area contributed by atoms with E-state index in [9.17, 15) is 4.79 Å². The van der Waals surface area contributed by atoms with Gasteiger partial charge in [-0.15, -0.1) is 0 Å². The lowest BCUT2D eigenvalue weighted by Gasteiger charge is -2.31. The van der Waals surface area contributed by atoms with Crippen molar-refractivity contribution in [1.29, 1.82) is 5.41 Å². The molecule has 7 nitrogen and oxygen atoms in total. The summed E-state index contributed by atoms with van der Waals surface area (Å²) in [5.41, 5.74) is 0.0672. The molecule has 2 unspecified atom stereocenters. The van der Waals surface area contributed by atoms with Gasteiger partial charge in [-0.05, 0) is 55.8 Å². The van der Waals surface area contributed by atoms with Crippen molar-refractivity contribution in [3.8, 4) is 5.75 Å². The predicted molar refractivity (Wildman–Crippen MR) is 132 cm³/mol. The number of rotatable bonds is 11. The van der Waals surface area contributed by atoms with E-state index < -0.39 is 0 Å². The van der Waals surface area contributed by atoms with Gasteiger partial charge in [0.1, 0.15) is 17.4 Å². The van der Waals surface area contributed by atoms with Crippen LogP contribution in [-0.4, -0.2) is 46.7 Å². The number of anilines is 1. The molecule has 1 aromatic heterocycles. The summed E-state index contributed by atoms with van der Waals surface area (Å²) in [6.45, 7) is 6.11. The zero-order valence-electron chi connectivity index (χ0n) is 19.3. The molecule has 0 spiro atoms. The van der Waals surface area contributed by atoms with Gasteiger partial charge in [0.15, 0.2) is 0 Å². The van der Waals surface area contributed by atoms with Gasteiger partial charge < -0.3 is 20.4 Å². The van der Waals surface area contributed by atoms with Crippen LogP contribution in [0, 0.1) is 5.41 Å². The minimum atomic E-state index is -0.240. The molecule has 8 heteroatoms. The van der Waals surface area contributed by atoms with Crippen molar-refractivity contribution in [2.24, 2.45) is 0 Å². The number of aromatic nitrogens is 2. The minimum Gasteiger partial charge on any atom is -0.497 e. The monoisotopic (exact) mass is 457 g/mol. The highest BCUT2D eigenvalue weighted by Crippen LogP contribution is 2.33. The molecule has 3 N–H and O–H groups in total. The lowest BCUT2D eigenvalue weighted by atomic mass is 9.98. The molecular weight excluding hydrogens is 422 g/mol. The van der Waals surface area contributed by atoms with E-state index in [1.54, 1.807) is 19.1 Å². The number of ether oxygens (including phenoxy) is 1. The van der Waals surface area contributed by atoms with E-state index in [4.69, 9.17) is 15.1 Å². The third-order valence-corrected chi connectivity index (χ3v) is 6.96. The van der Waals surface area contributed by atoms with E-state index in [0.717, 1.165) is 68.5 Å². The Kier molecular flexibility index (Phi) is 9.17. The van der Waals surface area contributed by atoms with E-state index in [-0.39, 0.29) is 17.5 Å². The van der Waals surface area contributed by atoms with E-state index in [1.807, 2.05) is 18.2 Å². The van der Waals surface area contributed by atoms with Crippen molar-refractivity contribution in [3.63, 3.8) is 0 Å². The summed E-state index contributed by atoms with van der Waals surface area (Å²) in [5.74, 6) is 2.25. The fourth-order valence-corrected chi connectivity index (χ4v) is 5.10. The average Bonchev–Trinajstić information content (AvgIpc) is 2.81. The van der Waals surface area contributed by atoms with Crippen molar-refractivity contribution in [1.82, 2.24) is 14.3 Å². The Labute approximate surface area is 195 Å². The molecule has 0 aliphatic carbocycles. The van der Waals surface area contributed by atoms with Crippen LogP contribution in [0.5, 0.6) is 5.75 Å². The summed E-state index contributed by atoms with van der Waals surface area (Å²) in [6, 6.07) is 8.32. The molecular formula is C24H35N5O2S. The van der Waals surface area contributed by atoms with Crippen LogP contribution in [0.2, 0.25) is 0 Å². The molecule has 1 fully saturated rings. The lowest BCUT2D eigenvalue weighted by Crippen LogP contribution is -2.32. The maximum Gasteiger partial charge on any atom is 0.261 e. The standard InChI is InChI=1S/C24H35N5O2S/c1-4-6-10-18(5-2)26-23-21(15-25)24(30)28-22(27-23)17-9-8-13-29(16-17)32-20-12-7-11-19(14-20)31-3/h7,11-12,14-15,17-18,25H,4-6,8-10,13,16H2,1-3H3,(H2,26,27,28,30). The maximum atomic E-state index is 12.7. The van der Waals surface area contributed by atoms with Gasteiger partial charge >= 0.3 is 0 Å². The second-order valence-electron chi connectivity index (χ2n) is 8.25. The lowest BCUT2D eigenvalue weighted by molar-refractivity contribution is 0.334. The van der Waals surface area contributed by atoms with Gasteiger partial charge in [0.2, 0.25) is 0 Å². The molecule has 0 saturated carbocycles. The van der Waals surface area contributed by atoms with Crippen molar-refractivity contribution in [2.45, 2.75) is 69.2 Å². The summed E-state index contributed by atoms with van der Waals surface area (Å²) < 4.78 is 7.67. The first-order valence-corrected chi connectivity index (χ1v) is 12.3. The zero-order chi connectivity index (χ0) is 22.9. The molecule has 2 heterocycles. The summed E-state index contributed by atoms with van der Waals surface area (Å²) in [4.78, 5) is 21.7. The third-order valence-electron chi connectivity index (χ3n) is 5.90. The number of H-pyrrole nitrogens is 1. The maximum absolute atomic E-state index is 12.7. The molecule has 1 aliphatic rings. The number of piperidine rings is 1. The molecule has 2 atom stereocenters. The van der Waals surface area contributed by atoms with Crippen molar-refractivity contribution in [2.75, 3.05) is 25.5 Å². The van der Waals surface area contributed by atoms with Gasteiger partial charge in [-0.3, -0.25) is 4.79 Å². The number of nitrogens with zero attached hydrogens (tertiary/aromatic N) is 2. The second-order valence-corrected chi connectivity index (χ2v) is 9.42. The molecule has 2 aromatic rings. The number of aromatic amines is 1. The smallest absolute Gasteiger partial charge is 0.261 e. The van der Waals surface area contributed by atoms with E-state index in [2.05, 4.69) is 34.5 Å². The molecule has 1 saturated heterocycles. The molecule has 32 heavy (non-hydrogen) atoms. The number of hydrogen-bond acceptors (Lipinski definition) is 7. The van der Waals surface area contributed by atoms with E-state index in [1.165, 1.54) is 0 Å². The van der Waals surface area contributed by atoms with E-state index >= 15 is 0 Å². The highest BCUT2D eigenvalue weighted by molar-refractivity contribution is 7.97. The average molecular weight is 458 g/mol. The topological polar surface area (TPSA) is 94.1 Å². The molecule has 174 valence electrons. The first kappa shape index (κ1) is 24.3. The molecule has 0 bridgehead atoms. The number of nitrogens with one attached hydrogen (secondary N) is 3. The number of hydrogen-bond donors (Lipinski definition) is 3. The van der Waals surface area contributed by atoms with Crippen LogP contribution >= 0.6 is 11.9 Å². The van der Waals surface area contributed by atoms with E-state index in [0.29, 0.717) is 17.2 Å². The van der Waals surface area contributed by atoms with Crippen LogP contribution in [-0.2, 0) is 0 Å². The molecule has 1 aromatic carbocycles. The summed E-state index contributed by atoms with van der Waals surface area (Å²) in [6.07, 6.45) is 7.37. The zero-order valence-corrected chi connectivity index (χ0v) is 20.1. The number of benzene rings is 1. The van der Waals surface area contributed by atoms with Crippen molar-refractivity contribution < 1.29 is 4.74 Å². The molecule has 0 amide bonds. The van der Waals surface area contributed by atoms with Gasteiger partial charge in [-0.1, -0.05) is 32.8 Å². The van der Waals surface area contributed by atoms with Crippen molar-refractivity contribution >= 4 is 24.0 Å². The molecule has 0 radical (unpaired) electrons. The number of unbranched alkanes of at least 4 members (excludes halogenated alkanes) is 1. The Morgan fingerprint density at radius 2 is 2.28 bits per heavy atom. The predicted octanol–water partition coefficient (Wildman–Crippen LogP) is 5.04. The second kappa shape index (κ2) is 12.1. The molecule has 3 rings (SSSR count). The third kappa shape index (κ3) is 6.36. The van der Waals surface area contributed by atoms with Crippen LogP contribution in [0.25, 0.3) is 0 Å². The van der Waals surface area contributed by atoms with Crippen LogP contribution < -0.4 is 15.6 Å². The number of methoxy groups -OCH3 is 1. The highest BCUT2D eigenvalue weighted by Gasteiger charge is 2.25. The Morgan fingerprint density at radius 3 is 3.00 bits per heavy atom. The highest BCUT2D eigenvalue weighted by atomic mass is 32.2. The van der Waals surface area contributed by atoms with Crippen LogP contribution in [0.4, 0.5) is 5.82 Å². The molecule has 1 aliphatic heterocycles. The van der Waals surface area contributed by atoms with Gasteiger partial charge in [0.05, 0.1) is 12.7 Å². The Hall–Kier alpha value is -2.32.